The first kappa shape index (κ1) is 10.6. The Kier molecular flexibility index (Phi) is 2.79. The van der Waals surface area contributed by atoms with Crippen LogP contribution in [0.15, 0.2) is 29.4 Å². The molecule has 1 aromatic rings. The van der Waals surface area contributed by atoms with Crippen molar-refractivity contribution in [2.75, 3.05) is 0 Å². The van der Waals surface area contributed by atoms with Crippen LogP contribution >= 0.6 is 0 Å². The molecule has 1 rings (SSSR count). The van der Waals surface area contributed by atoms with E-state index in [1.165, 1.54) is 5.56 Å². The van der Waals surface area contributed by atoms with Gasteiger partial charge in [-0.05, 0) is 11.0 Å². The molecular formula is C11H16N2O. The van der Waals surface area contributed by atoms with Crippen LogP contribution in [0.2, 0.25) is 0 Å². The van der Waals surface area contributed by atoms with Crippen molar-refractivity contribution < 1.29 is 5.21 Å². The first-order chi connectivity index (χ1) is 6.45. The van der Waals surface area contributed by atoms with E-state index < -0.39 is 0 Å². The molecule has 0 aromatic heterocycles. The van der Waals surface area contributed by atoms with Gasteiger partial charge in [-0.2, -0.15) is 0 Å². The molecule has 0 saturated heterocycles. The van der Waals surface area contributed by atoms with Gasteiger partial charge in [-0.1, -0.05) is 50.2 Å². The van der Waals surface area contributed by atoms with Crippen molar-refractivity contribution >= 4 is 5.84 Å². The van der Waals surface area contributed by atoms with Crippen molar-refractivity contribution in [3.05, 3.63) is 35.4 Å². The fraction of sp³-hybridized carbons (Fsp3) is 0.364. The first-order valence-corrected chi connectivity index (χ1v) is 4.53. The second-order valence-electron chi connectivity index (χ2n) is 4.31. The maximum Gasteiger partial charge on any atom is 0.170 e. The fourth-order valence-corrected chi connectivity index (χ4v) is 1.20. The smallest absolute Gasteiger partial charge is 0.170 e. The zero-order chi connectivity index (χ0) is 10.8. The highest BCUT2D eigenvalue weighted by Crippen LogP contribution is 2.21. The van der Waals surface area contributed by atoms with E-state index in [0.29, 0.717) is 0 Å². The van der Waals surface area contributed by atoms with Crippen LogP contribution in [0, 0.1) is 0 Å². The summed E-state index contributed by atoms with van der Waals surface area (Å²) in [5.41, 5.74) is 7.55. The number of nitrogens with zero attached hydrogens (tertiary/aromatic N) is 1. The minimum absolute atomic E-state index is 0.129. The lowest BCUT2D eigenvalue weighted by Gasteiger charge is -2.18. The van der Waals surface area contributed by atoms with E-state index in [0.717, 1.165) is 5.56 Å². The topological polar surface area (TPSA) is 58.6 Å². The molecule has 3 N–H and O–H groups in total. The summed E-state index contributed by atoms with van der Waals surface area (Å²) in [6.07, 6.45) is 0. The number of hydrogen-bond acceptors (Lipinski definition) is 2. The number of benzene rings is 1. The van der Waals surface area contributed by atoms with Crippen LogP contribution in [-0.4, -0.2) is 11.0 Å². The summed E-state index contributed by atoms with van der Waals surface area (Å²) in [6, 6.07) is 7.70. The van der Waals surface area contributed by atoms with Crippen LogP contribution in [0.25, 0.3) is 0 Å². The van der Waals surface area contributed by atoms with Gasteiger partial charge in [-0.25, -0.2) is 0 Å². The monoisotopic (exact) mass is 192 g/mol. The quantitative estimate of drug-likeness (QED) is 0.310. The molecule has 0 aliphatic rings. The number of rotatable bonds is 1. The summed E-state index contributed by atoms with van der Waals surface area (Å²) in [4.78, 5) is 0. The van der Waals surface area contributed by atoms with Crippen molar-refractivity contribution in [2.24, 2.45) is 10.9 Å². The number of nitrogens with two attached hydrogens (primary N) is 1. The average Bonchev–Trinajstić information content (AvgIpc) is 2.15. The molecule has 1 aromatic carbocycles. The number of oxime groups is 1. The van der Waals surface area contributed by atoms with Crippen molar-refractivity contribution in [3.63, 3.8) is 0 Å². The molecule has 3 nitrogen and oxygen atoms in total. The van der Waals surface area contributed by atoms with Crippen molar-refractivity contribution in [2.45, 2.75) is 26.2 Å². The van der Waals surface area contributed by atoms with E-state index in [4.69, 9.17) is 10.9 Å². The lowest BCUT2D eigenvalue weighted by molar-refractivity contribution is 0.318. The van der Waals surface area contributed by atoms with Gasteiger partial charge in [0.05, 0.1) is 0 Å². The number of amidine groups is 1. The van der Waals surface area contributed by atoms with Crippen molar-refractivity contribution in [1.82, 2.24) is 0 Å². The van der Waals surface area contributed by atoms with Gasteiger partial charge in [0.25, 0.3) is 0 Å². The van der Waals surface area contributed by atoms with E-state index >= 15 is 0 Å². The second kappa shape index (κ2) is 3.70. The normalized spacial score (nSPS) is 12.9. The Morgan fingerprint density at radius 1 is 1.21 bits per heavy atom. The molecule has 0 spiro atoms. The van der Waals surface area contributed by atoms with Gasteiger partial charge < -0.3 is 10.9 Å². The Morgan fingerprint density at radius 2 is 1.71 bits per heavy atom. The summed E-state index contributed by atoms with van der Waals surface area (Å²) < 4.78 is 0. The second-order valence-corrected chi connectivity index (χ2v) is 4.31. The zero-order valence-electron chi connectivity index (χ0n) is 8.78. The summed E-state index contributed by atoms with van der Waals surface area (Å²) >= 11 is 0. The van der Waals surface area contributed by atoms with Crippen LogP contribution in [0.4, 0.5) is 0 Å². The van der Waals surface area contributed by atoms with Gasteiger partial charge in [0.2, 0.25) is 0 Å². The molecule has 0 amide bonds. The van der Waals surface area contributed by atoms with Gasteiger partial charge >= 0.3 is 0 Å². The van der Waals surface area contributed by atoms with E-state index in [9.17, 15) is 0 Å². The molecule has 0 heterocycles. The van der Waals surface area contributed by atoms with Gasteiger partial charge in [0, 0.05) is 5.56 Å². The minimum atomic E-state index is 0.129. The lowest BCUT2D eigenvalue weighted by Crippen LogP contribution is -2.15. The van der Waals surface area contributed by atoms with Crippen molar-refractivity contribution in [1.29, 1.82) is 0 Å². The molecule has 0 saturated carbocycles. The summed E-state index contributed by atoms with van der Waals surface area (Å²) in [5, 5.41) is 11.4. The molecular weight excluding hydrogens is 176 g/mol. The van der Waals surface area contributed by atoms with Crippen LogP contribution in [0.5, 0.6) is 0 Å². The van der Waals surface area contributed by atoms with Gasteiger partial charge in [0.1, 0.15) is 0 Å². The molecule has 0 aliphatic heterocycles. The van der Waals surface area contributed by atoms with Gasteiger partial charge in [-0.15, -0.1) is 0 Å². The zero-order valence-corrected chi connectivity index (χ0v) is 8.78. The van der Waals surface area contributed by atoms with E-state index in [-0.39, 0.29) is 11.3 Å². The summed E-state index contributed by atoms with van der Waals surface area (Å²) in [5.74, 6) is 0.144. The van der Waals surface area contributed by atoms with Crippen molar-refractivity contribution in [3.8, 4) is 0 Å². The Hall–Kier alpha value is -1.51. The van der Waals surface area contributed by atoms with Crippen LogP contribution < -0.4 is 5.73 Å². The third kappa shape index (κ3) is 2.25. The number of hydrogen-bond donors (Lipinski definition) is 2. The Bertz CT molecular complexity index is 333. The summed E-state index contributed by atoms with van der Waals surface area (Å²) in [7, 11) is 0. The maximum absolute atomic E-state index is 8.48. The Balaban J connectivity index is 3.01. The predicted octanol–water partition coefficient (Wildman–Crippen LogP) is 2.08. The molecule has 0 radical (unpaired) electrons. The molecule has 3 heteroatoms. The third-order valence-electron chi connectivity index (χ3n) is 2.15. The van der Waals surface area contributed by atoms with Gasteiger partial charge in [-0.3, -0.25) is 0 Å². The molecule has 0 fully saturated rings. The van der Waals surface area contributed by atoms with Crippen LogP contribution in [0.1, 0.15) is 31.9 Å². The van der Waals surface area contributed by atoms with E-state index in [1.807, 2.05) is 24.3 Å². The molecule has 76 valence electrons. The standard InChI is InChI=1S/C11H16N2O/c1-11(2,3)9-6-4-8(5-7-9)10(12)13-14/h4-7,14H,1-3H3,(H2,12,13). The molecule has 0 aliphatic carbocycles. The van der Waals surface area contributed by atoms with Crippen LogP contribution in [-0.2, 0) is 5.41 Å². The maximum atomic E-state index is 8.48. The van der Waals surface area contributed by atoms with E-state index in [2.05, 4.69) is 25.9 Å². The van der Waals surface area contributed by atoms with Crippen LogP contribution in [0.3, 0.4) is 0 Å². The SMILES string of the molecule is CC(C)(C)c1ccc(/C(N)=N\O)cc1. The predicted molar refractivity (Wildman–Crippen MR) is 57.7 cm³/mol. The molecule has 0 bridgehead atoms. The highest BCUT2D eigenvalue weighted by Gasteiger charge is 2.13. The van der Waals surface area contributed by atoms with E-state index in [1.54, 1.807) is 0 Å². The Morgan fingerprint density at radius 3 is 2.07 bits per heavy atom. The third-order valence-corrected chi connectivity index (χ3v) is 2.15. The fourth-order valence-electron chi connectivity index (χ4n) is 1.20. The summed E-state index contributed by atoms with van der Waals surface area (Å²) in [6.45, 7) is 6.43. The highest BCUT2D eigenvalue weighted by atomic mass is 16.4. The average molecular weight is 192 g/mol. The highest BCUT2D eigenvalue weighted by molar-refractivity contribution is 5.96. The molecule has 0 unspecified atom stereocenters. The molecule has 0 atom stereocenters. The molecule has 14 heavy (non-hydrogen) atoms. The lowest BCUT2D eigenvalue weighted by atomic mass is 9.87. The minimum Gasteiger partial charge on any atom is -0.409 e. The Labute approximate surface area is 84.2 Å². The van der Waals surface area contributed by atoms with Gasteiger partial charge in [0.15, 0.2) is 5.84 Å². The largest absolute Gasteiger partial charge is 0.409 e. The first-order valence-electron chi connectivity index (χ1n) is 4.53.